The molecule has 0 spiro atoms. The van der Waals surface area contributed by atoms with E-state index < -0.39 is 0 Å². The summed E-state index contributed by atoms with van der Waals surface area (Å²) in [5, 5.41) is 2.04. The maximum atomic E-state index is 5.88. The molecular formula is C11H13N3. The van der Waals surface area contributed by atoms with E-state index >= 15 is 0 Å². The zero-order valence-corrected chi connectivity index (χ0v) is 8.04. The minimum atomic E-state index is 0.487. The van der Waals surface area contributed by atoms with Crippen LogP contribution in [-0.4, -0.2) is 0 Å². The van der Waals surface area contributed by atoms with Gasteiger partial charge >= 0.3 is 0 Å². The van der Waals surface area contributed by atoms with E-state index in [9.17, 15) is 0 Å². The molecule has 0 amide bonds. The van der Waals surface area contributed by atoms with Gasteiger partial charge < -0.3 is 17.2 Å². The van der Waals surface area contributed by atoms with Gasteiger partial charge in [0.2, 0.25) is 0 Å². The first-order valence-electron chi connectivity index (χ1n) is 4.44. The van der Waals surface area contributed by atoms with Crippen molar-refractivity contribution in [2.75, 3.05) is 17.2 Å². The van der Waals surface area contributed by atoms with Crippen molar-refractivity contribution in [2.24, 2.45) is 0 Å². The standard InChI is InChI=1S/C11H13N3/c1-6-7-4-2-3-5-8(7)10(13)11(14)9(6)12/h2-5H,12-14H2,1H3. The van der Waals surface area contributed by atoms with E-state index in [4.69, 9.17) is 17.2 Å². The third-order valence-electron chi connectivity index (χ3n) is 2.61. The quantitative estimate of drug-likeness (QED) is 0.551. The minimum Gasteiger partial charge on any atom is -0.397 e. The van der Waals surface area contributed by atoms with Crippen LogP contribution in [0.4, 0.5) is 17.1 Å². The van der Waals surface area contributed by atoms with Gasteiger partial charge in [0.05, 0.1) is 17.1 Å². The first-order valence-corrected chi connectivity index (χ1v) is 4.44. The number of anilines is 3. The fraction of sp³-hybridized carbons (Fsp3) is 0.0909. The molecule has 0 aromatic heterocycles. The van der Waals surface area contributed by atoms with Crippen molar-refractivity contribution in [3.63, 3.8) is 0 Å². The zero-order chi connectivity index (χ0) is 10.3. The Morgan fingerprint density at radius 2 is 1.36 bits per heavy atom. The van der Waals surface area contributed by atoms with Gasteiger partial charge in [0, 0.05) is 5.39 Å². The highest BCUT2D eigenvalue weighted by Gasteiger charge is 2.09. The molecule has 3 nitrogen and oxygen atoms in total. The molecule has 0 heterocycles. The molecule has 0 aliphatic rings. The molecule has 0 aliphatic carbocycles. The second-order valence-electron chi connectivity index (χ2n) is 3.41. The molecule has 2 rings (SSSR count). The smallest absolute Gasteiger partial charge is 0.0790 e. The average Bonchev–Trinajstić information content (AvgIpc) is 2.23. The average molecular weight is 187 g/mol. The summed E-state index contributed by atoms with van der Waals surface area (Å²) < 4.78 is 0. The Hall–Kier alpha value is -1.90. The van der Waals surface area contributed by atoms with Crippen molar-refractivity contribution < 1.29 is 0 Å². The number of nitrogens with two attached hydrogens (primary N) is 3. The highest BCUT2D eigenvalue weighted by atomic mass is 14.7. The molecule has 0 saturated carbocycles. The van der Waals surface area contributed by atoms with Crippen LogP contribution >= 0.6 is 0 Å². The van der Waals surface area contributed by atoms with Gasteiger partial charge in [-0.15, -0.1) is 0 Å². The number of aryl methyl sites for hydroxylation is 1. The molecule has 0 fully saturated rings. The Balaban J connectivity index is 3.02. The molecule has 2 aromatic rings. The fourth-order valence-electron chi connectivity index (χ4n) is 1.68. The van der Waals surface area contributed by atoms with Crippen LogP contribution in [0.2, 0.25) is 0 Å². The summed E-state index contributed by atoms with van der Waals surface area (Å²) >= 11 is 0. The van der Waals surface area contributed by atoms with Crippen LogP contribution in [0, 0.1) is 6.92 Å². The number of hydrogen-bond acceptors (Lipinski definition) is 3. The van der Waals surface area contributed by atoms with Gasteiger partial charge in [-0.25, -0.2) is 0 Å². The Morgan fingerprint density at radius 3 is 2.00 bits per heavy atom. The van der Waals surface area contributed by atoms with Crippen LogP contribution in [-0.2, 0) is 0 Å². The van der Waals surface area contributed by atoms with Crippen molar-refractivity contribution in [1.29, 1.82) is 0 Å². The number of rotatable bonds is 0. The number of fused-ring (bicyclic) bond motifs is 1. The second kappa shape index (κ2) is 2.80. The SMILES string of the molecule is Cc1c(N)c(N)c(N)c2ccccc12. The molecular weight excluding hydrogens is 174 g/mol. The summed E-state index contributed by atoms with van der Waals surface area (Å²) in [6, 6.07) is 7.85. The Bertz CT molecular complexity index is 457. The molecule has 6 N–H and O–H groups in total. The predicted molar refractivity (Wildman–Crippen MR) is 61.9 cm³/mol. The predicted octanol–water partition coefficient (Wildman–Crippen LogP) is 1.89. The van der Waals surface area contributed by atoms with Crippen LogP contribution in [0.1, 0.15) is 5.56 Å². The van der Waals surface area contributed by atoms with E-state index in [1.807, 2.05) is 31.2 Å². The van der Waals surface area contributed by atoms with Crippen molar-refractivity contribution in [3.05, 3.63) is 29.8 Å². The van der Waals surface area contributed by atoms with E-state index in [1.54, 1.807) is 0 Å². The molecule has 0 unspecified atom stereocenters. The van der Waals surface area contributed by atoms with Crippen LogP contribution in [0.15, 0.2) is 24.3 Å². The number of benzene rings is 2. The molecule has 2 aromatic carbocycles. The first kappa shape index (κ1) is 8.69. The van der Waals surface area contributed by atoms with Gasteiger partial charge in [0.1, 0.15) is 0 Å². The van der Waals surface area contributed by atoms with Crippen molar-refractivity contribution in [1.82, 2.24) is 0 Å². The largest absolute Gasteiger partial charge is 0.397 e. The van der Waals surface area contributed by atoms with Gasteiger partial charge in [-0.05, 0) is 17.9 Å². The lowest BCUT2D eigenvalue weighted by Gasteiger charge is -2.12. The van der Waals surface area contributed by atoms with Crippen LogP contribution in [0.25, 0.3) is 10.8 Å². The zero-order valence-electron chi connectivity index (χ0n) is 8.04. The maximum Gasteiger partial charge on any atom is 0.0790 e. The molecule has 0 atom stereocenters. The van der Waals surface area contributed by atoms with E-state index in [0.29, 0.717) is 17.1 Å². The molecule has 0 radical (unpaired) electrons. The Morgan fingerprint density at radius 1 is 0.786 bits per heavy atom. The highest BCUT2D eigenvalue weighted by Crippen LogP contribution is 2.35. The Kier molecular flexibility index (Phi) is 1.74. The molecule has 0 aliphatic heterocycles. The van der Waals surface area contributed by atoms with E-state index in [-0.39, 0.29) is 0 Å². The van der Waals surface area contributed by atoms with E-state index in [1.165, 1.54) is 0 Å². The minimum absolute atomic E-state index is 0.487. The normalized spacial score (nSPS) is 10.6. The van der Waals surface area contributed by atoms with E-state index in [0.717, 1.165) is 16.3 Å². The van der Waals surface area contributed by atoms with Crippen molar-refractivity contribution in [2.45, 2.75) is 6.92 Å². The topological polar surface area (TPSA) is 78.1 Å². The van der Waals surface area contributed by atoms with Crippen LogP contribution in [0.3, 0.4) is 0 Å². The lowest BCUT2D eigenvalue weighted by molar-refractivity contribution is 1.52. The number of nitrogen functional groups attached to an aromatic ring is 3. The molecule has 0 bridgehead atoms. The molecule has 14 heavy (non-hydrogen) atoms. The maximum absolute atomic E-state index is 5.88. The molecule has 72 valence electrons. The van der Waals surface area contributed by atoms with Crippen molar-refractivity contribution >= 4 is 27.8 Å². The summed E-state index contributed by atoms with van der Waals surface area (Å²) in [7, 11) is 0. The molecule has 0 saturated heterocycles. The van der Waals surface area contributed by atoms with Gasteiger partial charge in [-0.1, -0.05) is 24.3 Å². The first-order chi connectivity index (χ1) is 6.63. The van der Waals surface area contributed by atoms with Gasteiger partial charge in [-0.3, -0.25) is 0 Å². The third kappa shape index (κ3) is 0.988. The summed E-state index contributed by atoms with van der Waals surface area (Å²) in [4.78, 5) is 0. The lowest BCUT2D eigenvalue weighted by Crippen LogP contribution is -2.03. The third-order valence-corrected chi connectivity index (χ3v) is 2.61. The Labute approximate surface area is 82.5 Å². The highest BCUT2D eigenvalue weighted by molar-refractivity contribution is 6.05. The summed E-state index contributed by atoms with van der Waals surface area (Å²) in [5.41, 5.74) is 20.2. The summed E-state index contributed by atoms with van der Waals surface area (Å²) in [6.45, 7) is 1.95. The van der Waals surface area contributed by atoms with Gasteiger partial charge in [0.25, 0.3) is 0 Å². The number of hydrogen-bond donors (Lipinski definition) is 3. The lowest BCUT2D eigenvalue weighted by atomic mass is 10.0. The monoisotopic (exact) mass is 187 g/mol. The van der Waals surface area contributed by atoms with Crippen LogP contribution < -0.4 is 17.2 Å². The molecule has 3 heteroatoms. The van der Waals surface area contributed by atoms with Gasteiger partial charge in [0.15, 0.2) is 0 Å². The summed E-state index contributed by atoms with van der Waals surface area (Å²) in [5.74, 6) is 0. The fourth-order valence-corrected chi connectivity index (χ4v) is 1.68. The van der Waals surface area contributed by atoms with Crippen LogP contribution in [0.5, 0.6) is 0 Å². The summed E-state index contributed by atoms with van der Waals surface area (Å²) in [6.07, 6.45) is 0. The van der Waals surface area contributed by atoms with Gasteiger partial charge in [-0.2, -0.15) is 0 Å². The van der Waals surface area contributed by atoms with Crippen molar-refractivity contribution in [3.8, 4) is 0 Å². The van der Waals surface area contributed by atoms with E-state index in [2.05, 4.69) is 0 Å². The second-order valence-corrected chi connectivity index (χ2v) is 3.41.